The molecule has 0 aliphatic carbocycles. The van der Waals surface area contributed by atoms with E-state index in [9.17, 15) is 4.79 Å². The Balaban J connectivity index is 1.73. The van der Waals surface area contributed by atoms with Crippen molar-refractivity contribution in [2.24, 2.45) is 5.92 Å². The first-order valence-corrected chi connectivity index (χ1v) is 10.6. The van der Waals surface area contributed by atoms with Crippen molar-refractivity contribution in [1.82, 2.24) is 9.80 Å². The number of rotatable bonds is 6. The number of benzene rings is 2. The number of carbonyl (C=O) groups is 1. The predicted molar refractivity (Wildman–Crippen MR) is 117 cm³/mol. The quantitative estimate of drug-likeness (QED) is 0.656. The Bertz CT molecular complexity index is 795. The van der Waals surface area contributed by atoms with Gasteiger partial charge < -0.3 is 9.80 Å². The largest absolute Gasteiger partial charge is 0.333 e. The fourth-order valence-corrected chi connectivity index (χ4v) is 3.79. The summed E-state index contributed by atoms with van der Waals surface area (Å²) in [6, 6.07) is 13.8. The summed E-state index contributed by atoms with van der Waals surface area (Å²) in [7, 11) is 0. The lowest BCUT2D eigenvalue weighted by Gasteiger charge is -2.32. The number of hydrogen-bond donors (Lipinski definition) is 0. The second-order valence-corrected chi connectivity index (χ2v) is 8.61. The minimum Gasteiger partial charge on any atom is -0.333 e. The number of likely N-dealkylation sites (tertiary alicyclic amines) is 1. The van der Waals surface area contributed by atoms with Crippen LogP contribution in [0, 0.1) is 19.8 Å². The predicted octanol–water partition coefficient (Wildman–Crippen LogP) is 5.33. The van der Waals surface area contributed by atoms with E-state index >= 15 is 0 Å². The van der Waals surface area contributed by atoms with E-state index in [1.807, 2.05) is 47.4 Å². The summed E-state index contributed by atoms with van der Waals surface area (Å²) >= 11 is 6.03. The molecule has 2 aromatic rings. The van der Waals surface area contributed by atoms with Gasteiger partial charge in [-0.05, 0) is 86.7 Å². The molecule has 4 heteroatoms. The van der Waals surface area contributed by atoms with Crippen molar-refractivity contribution in [2.45, 2.75) is 40.2 Å². The number of piperidine rings is 1. The molecule has 0 N–H and O–H groups in total. The Morgan fingerprint density at radius 3 is 2.39 bits per heavy atom. The molecule has 2 aromatic carbocycles. The minimum atomic E-state index is 0.100. The third-order valence-electron chi connectivity index (χ3n) is 5.89. The molecule has 1 heterocycles. The summed E-state index contributed by atoms with van der Waals surface area (Å²) in [5, 5.41) is 0.721. The van der Waals surface area contributed by atoms with Crippen molar-refractivity contribution in [1.29, 1.82) is 0 Å². The number of amides is 1. The summed E-state index contributed by atoms with van der Waals surface area (Å²) in [4.78, 5) is 17.8. The molecular formula is C24H31ClN2O. The van der Waals surface area contributed by atoms with Gasteiger partial charge in [-0.2, -0.15) is 0 Å². The van der Waals surface area contributed by atoms with Crippen LogP contribution in [0.1, 0.15) is 46.8 Å². The van der Waals surface area contributed by atoms with Crippen LogP contribution in [0.4, 0.5) is 0 Å². The van der Waals surface area contributed by atoms with E-state index in [-0.39, 0.29) is 5.91 Å². The first kappa shape index (κ1) is 20.9. The van der Waals surface area contributed by atoms with Crippen LogP contribution in [-0.4, -0.2) is 41.9 Å². The Labute approximate surface area is 174 Å². The van der Waals surface area contributed by atoms with Crippen molar-refractivity contribution in [3.8, 4) is 0 Å². The Hall–Kier alpha value is -1.84. The highest BCUT2D eigenvalue weighted by molar-refractivity contribution is 6.30. The molecule has 1 aliphatic heterocycles. The maximum Gasteiger partial charge on any atom is 0.254 e. The SMILES string of the molecule is Cc1ccc(C(=O)N(CCN2CCC(C)CC2)Cc2ccc(Cl)cc2)cc1C. The summed E-state index contributed by atoms with van der Waals surface area (Å²) in [5.74, 6) is 0.919. The number of hydrogen-bond acceptors (Lipinski definition) is 2. The molecule has 0 atom stereocenters. The molecule has 0 aromatic heterocycles. The van der Waals surface area contributed by atoms with Crippen LogP contribution < -0.4 is 0 Å². The second kappa shape index (κ2) is 9.58. The second-order valence-electron chi connectivity index (χ2n) is 8.18. The molecule has 1 saturated heterocycles. The zero-order chi connectivity index (χ0) is 20.1. The average molecular weight is 399 g/mol. The molecule has 150 valence electrons. The first-order chi connectivity index (χ1) is 13.4. The van der Waals surface area contributed by atoms with Gasteiger partial charge in [-0.3, -0.25) is 4.79 Å². The molecule has 28 heavy (non-hydrogen) atoms. The van der Waals surface area contributed by atoms with Gasteiger partial charge in [0.25, 0.3) is 5.91 Å². The topological polar surface area (TPSA) is 23.6 Å². The molecule has 0 saturated carbocycles. The van der Waals surface area contributed by atoms with Gasteiger partial charge in [0, 0.05) is 30.2 Å². The monoisotopic (exact) mass is 398 g/mol. The Morgan fingerprint density at radius 2 is 1.75 bits per heavy atom. The number of aryl methyl sites for hydroxylation is 2. The van der Waals surface area contributed by atoms with Gasteiger partial charge in [0.05, 0.1) is 0 Å². The summed E-state index contributed by atoms with van der Waals surface area (Å²) in [6.45, 7) is 11.0. The van der Waals surface area contributed by atoms with Crippen LogP contribution in [0.5, 0.6) is 0 Å². The standard InChI is InChI=1S/C24H31ClN2O/c1-18-10-12-26(13-11-18)14-15-27(17-21-5-8-23(25)9-6-21)24(28)22-7-4-19(2)20(3)16-22/h4-9,16,18H,10-15,17H2,1-3H3. The molecule has 1 fully saturated rings. The zero-order valence-electron chi connectivity index (χ0n) is 17.2. The lowest BCUT2D eigenvalue weighted by Crippen LogP contribution is -2.41. The molecule has 0 unspecified atom stereocenters. The average Bonchev–Trinajstić information content (AvgIpc) is 2.69. The summed E-state index contributed by atoms with van der Waals surface area (Å²) < 4.78 is 0. The fourth-order valence-electron chi connectivity index (χ4n) is 3.67. The lowest BCUT2D eigenvalue weighted by molar-refractivity contribution is 0.0709. The summed E-state index contributed by atoms with van der Waals surface area (Å²) in [6.07, 6.45) is 2.50. The van der Waals surface area contributed by atoms with E-state index in [4.69, 9.17) is 11.6 Å². The maximum absolute atomic E-state index is 13.3. The lowest BCUT2D eigenvalue weighted by atomic mass is 9.99. The van der Waals surface area contributed by atoms with Crippen molar-refractivity contribution in [3.63, 3.8) is 0 Å². The molecule has 0 spiro atoms. The normalized spacial score (nSPS) is 15.6. The van der Waals surface area contributed by atoms with Crippen LogP contribution in [0.3, 0.4) is 0 Å². The molecule has 0 bridgehead atoms. The van der Waals surface area contributed by atoms with Gasteiger partial charge in [0.2, 0.25) is 0 Å². The van der Waals surface area contributed by atoms with Crippen LogP contribution >= 0.6 is 11.6 Å². The van der Waals surface area contributed by atoms with Gasteiger partial charge in [-0.15, -0.1) is 0 Å². The van der Waals surface area contributed by atoms with Crippen LogP contribution in [0.15, 0.2) is 42.5 Å². The molecule has 0 radical (unpaired) electrons. The van der Waals surface area contributed by atoms with E-state index in [1.165, 1.54) is 18.4 Å². The first-order valence-electron chi connectivity index (χ1n) is 10.3. The molecule has 1 amide bonds. The molecule has 3 rings (SSSR count). The highest BCUT2D eigenvalue weighted by atomic mass is 35.5. The number of nitrogens with zero attached hydrogens (tertiary/aromatic N) is 2. The zero-order valence-corrected chi connectivity index (χ0v) is 18.0. The highest BCUT2D eigenvalue weighted by Crippen LogP contribution is 2.18. The number of carbonyl (C=O) groups excluding carboxylic acids is 1. The Morgan fingerprint density at radius 1 is 1.07 bits per heavy atom. The third kappa shape index (κ3) is 5.59. The van der Waals surface area contributed by atoms with E-state index < -0.39 is 0 Å². The molecule has 1 aliphatic rings. The van der Waals surface area contributed by atoms with Crippen molar-refractivity contribution < 1.29 is 4.79 Å². The molecular weight excluding hydrogens is 368 g/mol. The van der Waals surface area contributed by atoms with E-state index in [0.29, 0.717) is 6.54 Å². The van der Waals surface area contributed by atoms with E-state index in [2.05, 4.69) is 25.7 Å². The van der Waals surface area contributed by atoms with Crippen LogP contribution in [0.2, 0.25) is 5.02 Å². The van der Waals surface area contributed by atoms with Gasteiger partial charge in [0.15, 0.2) is 0 Å². The van der Waals surface area contributed by atoms with Gasteiger partial charge in [-0.1, -0.05) is 36.7 Å². The van der Waals surface area contributed by atoms with Crippen LogP contribution in [0.25, 0.3) is 0 Å². The van der Waals surface area contributed by atoms with Gasteiger partial charge in [0.1, 0.15) is 0 Å². The van der Waals surface area contributed by atoms with Crippen LogP contribution in [-0.2, 0) is 6.54 Å². The summed E-state index contributed by atoms with van der Waals surface area (Å²) in [5.41, 5.74) is 4.24. The maximum atomic E-state index is 13.3. The van der Waals surface area contributed by atoms with Gasteiger partial charge >= 0.3 is 0 Å². The minimum absolute atomic E-state index is 0.100. The van der Waals surface area contributed by atoms with E-state index in [0.717, 1.165) is 53.8 Å². The van der Waals surface area contributed by atoms with Gasteiger partial charge in [-0.25, -0.2) is 0 Å². The molecule has 3 nitrogen and oxygen atoms in total. The number of halogens is 1. The Kier molecular flexibility index (Phi) is 7.14. The third-order valence-corrected chi connectivity index (χ3v) is 6.14. The highest BCUT2D eigenvalue weighted by Gasteiger charge is 2.20. The van der Waals surface area contributed by atoms with Crippen molar-refractivity contribution >= 4 is 17.5 Å². The van der Waals surface area contributed by atoms with E-state index in [1.54, 1.807) is 0 Å². The van der Waals surface area contributed by atoms with Crippen molar-refractivity contribution in [2.75, 3.05) is 26.2 Å². The van der Waals surface area contributed by atoms with Crippen molar-refractivity contribution in [3.05, 3.63) is 69.7 Å². The smallest absolute Gasteiger partial charge is 0.254 e. The fraction of sp³-hybridized carbons (Fsp3) is 0.458.